The first-order valence-corrected chi connectivity index (χ1v) is 8.07. The maximum absolute atomic E-state index is 12.4. The van der Waals surface area contributed by atoms with Crippen molar-refractivity contribution in [3.8, 4) is 0 Å². The lowest BCUT2D eigenvalue weighted by atomic mass is 9.80. The smallest absolute Gasteiger partial charge is 0.324 e. The second kappa shape index (κ2) is 5.63. The molecule has 1 N–H and O–H groups in total. The Hall–Kier alpha value is -1.89. The van der Waals surface area contributed by atoms with Crippen molar-refractivity contribution < 1.29 is 14.0 Å². The minimum atomic E-state index is -0.813. The Bertz CT molecular complexity index is 622. The lowest BCUT2D eigenvalue weighted by molar-refractivity contribution is -0.132. The first-order valence-electron chi connectivity index (χ1n) is 8.07. The second-order valence-electron chi connectivity index (χ2n) is 6.82. The summed E-state index contributed by atoms with van der Waals surface area (Å²) in [6.07, 6.45) is 1.92. The Balaban J connectivity index is 1.71. The van der Waals surface area contributed by atoms with Crippen LogP contribution in [-0.4, -0.2) is 52.4 Å². The van der Waals surface area contributed by atoms with E-state index >= 15 is 0 Å². The van der Waals surface area contributed by atoms with Crippen LogP contribution in [0.5, 0.6) is 0 Å². The number of rotatable bonds is 3. The molecule has 1 aromatic heterocycles. The minimum Gasteiger partial charge on any atom is -0.444 e. The van der Waals surface area contributed by atoms with Gasteiger partial charge in [0.15, 0.2) is 0 Å². The molecule has 3 amide bonds. The molecule has 2 aliphatic heterocycles. The lowest BCUT2D eigenvalue weighted by Crippen LogP contribution is -2.55. The van der Waals surface area contributed by atoms with Crippen molar-refractivity contribution in [1.82, 2.24) is 20.1 Å². The standard InChI is InChI=1S/C16H24N4O3/c1-10-11(2)23-13(17-10)9-20-7-5-6-12(8-20)16(3)14(21)19(4)15(22)18-16/h12H,5-9H2,1-4H3,(H,18,22)/t12-,16+/m0/s1. The van der Waals surface area contributed by atoms with Crippen LogP contribution in [0.3, 0.4) is 0 Å². The first kappa shape index (κ1) is 16.0. The van der Waals surface area contributed by atoms with E-state index in [0.717, 1.165) is 37.4 Å². The minimum absolute atomic E-state index is 0.0924. The molecular formula is C16H24N4O3. The number of aromatic nitrogens is 1. The number of nitrogens with one attached hydrogen (secondary N) is 1. The highest BCUT2D eigenvalue weighted by atomic mass is 16.4. The van der Waals surface area contributed by atoms with Gasteiger partial charge in [0, 0.05) is 19.5 Å². The lowest BCUT2D eigenvalue weighted by Gasteiger charge is -2.39. The number of carbonyl (C=O) groups is 2. The van der Waals surface area contributed by atoms with Gasteiger partial charge in [-0.25, -0.2) is 9.78 Å². The zero-order valence-electron chi connectivity index (χ0n) is 14.2. The topological polar surface area (TPSA) is 78.7 Å². The van der Waals surface area contributed by atoms with E-state index < -0.39 is 5.54 Å². The largest absolute Gasteiger partial charge is 0.444 e. The third-order valence-electron chi connectivity index (χ3n) is 5.17. The summed E-state index contributed by atoms with van der Waals surface area (Å²) in [5.41, 5.74) is 0.104. The second-order valence-corrected chi connectivity index (χ2v) is 6.82. The van der Waals surface area contributed by atoms with Gasteiger partial charge in [0.1, 0.15) is 11.3 Å². The molecule has 2 saturated heterocycles. The van der Waals surface area contributed by atoms with E-state index in [1.807, 2.05) is 20.8 Å². The number of nitrogens with zero attached hydrogens (tertiary/aromatic N) is 3. The fraction of sp³-hybridized carbons (Fsp3) is 0.688. The van der Waals surface area contributed by atoms with Gasteiger partial charge < -0.3 is 9.73 Å². The Morgan fingerprint density at radius 3 is 2.70 bits per heavy atom. The molecule has 7 heteroatoms. The van der Waals surface area contributed by atoms with Gasteiger partial charge >= 0.3 is 6.03 Å². The molecule has 0 bridgehead atoms. The third-order valence-corrected chi connectivity index (χ3v) is 5.17. The molecule has 0 unspecified atom stereocenters. The molecule has 1 aromatic rings. The van der Waals surface area contributed by atoms with Crippen molar-refractivity contribution in [1.29, 1.82) is 0 Å². The van der Waals surface area contributed by atoms with Crippen LogP contribution in [0.25, 0.3) is 0 Å². The van der Waals surface area contributed by atoms with E-state index in [2.05, 4.69) is 15.2 Å². The molecular weight excluding hydrogens is 296 g/mol. The van der Waals surface area contributed by atoms with Crippen molar-refractivity contribution >= 4 is 11.9 Å². The summed E-state index contributed by atoms with van der Waals surface area (Å²) in [4.78, 5) is 32.1. The zero-order valence-corrected chi connectivity index (χ0v) is 14.2. The number of carbonyl (C=O) groups excluding carboxylic acids is 2. The summed E-state index contributed by atoms with van der Waals surface area (Å²) in [6.45, 7) is 8.02. The van der Waals surface area contributed by atoms with Crippen LogP contribution >= 0.6 is 0 Å². The first-order chi connectivity index (χ1) is 10.8. The predicted octanol–water partition coefficient (Wildman–Crippen LogP) is 1.44. The van der Waals surface area contributed by atoms with Crippen LogP contribution in [0, 0.1) is 19.8 Å². The van der Waals surface area contributed by atoms with Gasteiger partial charge in [-0.3, -0.25) is 14.6 Å². The SMILES string of the molecule is Cc1nc(CN2CCC[C@H]([C@@]3(C)NC(=O)N(C)C3=O)C2)oc1C. The predicted molar refractivity (Wildman–Crippen MR) is 83.7 cm³/mol. The number of aryl methyl sites for hydroxylation is 2. The van der Waals surface area contributed by atoms with Gasteiger partial charge in [0.2, 0.25) is 5.89 Å². The fourth-order valence-corrected chi connectivity index (χ4v) is 3.55. The van der Waals surface area contributed by atoms with Crippen LogP contribution in [-0.2, 0) is 11.3 Å². The van der Waals surface area contributed by atoms with E-state index in [-0.39, 0.29) is 17.9 Å². The molecule has 0 spiro atoms. The molecule has 0 radical (unpaired) electrons. The quantitative estimate of drug-likeness (QED) is 0.853. The van der Waals surface area contributed by atoms with E-state index in [0.29, 0.717) is 12.4 Å². The highest BCUT2D eigenvalue weighted by Crippen LogP contribution is 2.32. The van der Waals surface area contributed by atoms with Gasteiger partial charge in [-0.05, 0) is 40.2 Å². The number of oxazole rings is 1. The number of hydrogen-bond acceptors (Lipinski definition) is 5. The molecule has 23 heavy (non-hydrogen) atoms. The Kier molecular flexibility index (Phi) is 3.91. The van der Waals surface area contributed by atoms with Crippen LogP contribution in [0.4, 0.5) is 4.79 Å². The van der Waals surface area contributed by atoms with E-state index in [4.69, 9.17) is 4.42 Å². The normalized spacial score (nSPS) is 29.2. The number of likely N-dealkylation sites (N-methyl/N-ethyl adjacent to an activating group) is 1. The molecule has 0 saturated carbocycles. The average molecular weight is 320 g/mol. The van der Waals surface area contributed by atoms with Crippen molar-refractivity contribution in [2.75, 3.05) is 20.1 Å². The van der Waals surface area contributed by atoms with E-state index in [1.54, 1.807) is 0 Å². The van der Waals surface area contributed by atoms with Crippen LogP contribution in [0.15, 0.2) is 4.42 Å². The third kappa shape index (κ3) is 2.73. The van der Waals surface area contributed by atoms with Crippen LogP contribution < -0.4 is 5.32 Å². The zero-order chi connectivity index (χ0) is 16.8. The summed E-state index contributed by atoms with van der Waals surface area (Å²) in [5.74, 6) is 1.51. The number of amides is 3. The molecule has 0 aromatic carbocycles. The van der Waals surface area contributed by atoms with Crippen molar-refractivity contribution in [2.45, 2.75) is 45.7 Å². The Morgan fingerprint density at radius 2 is 2.13 bits per heavy atom. The summed E-state index contributed by atoms with van der Waals surface area (Å²) < 4.78 is 5.66. The molecule has 3 heterocycles. The number of urea groups is 1. The van der Waals surface area contributed by atoms with Crippen LogP contribution in [0.1, 0.15) is 37.1 Å². The average Bonchev–Trinajstić information content (AvgIpc) is 2.92. The monoisotopic (exact) mass is 320 g/mol. The highest BCUT2D eigenvalue weighted by molar-refractivity contribution is 6.06. The number of piperidine rings is 1. The molecule has 7 nitrogen and oxygen atoms in total. The number of hydrogen-bond donors (Lipinski definition) is 1. The van der Waals surface area contributed by atoms with Gasteiger partial charge in [-0.2, -0.15) is 0 Å². The summed E-state index contributed by atoms with van der Waals surface area (Å²) >= 11 is 0. The fourth-order valence-electron chi connectivity index (χ4n) is 3.55. The maximum atomic E-state index is 12.4. The van der Waals surface area contributed by atoms with Crippen molar-refractivity contribution in [2.24, 2.45) is 5.92 Å². The summed E-state index contributed by atoms with van der Waals surface area (Å²) in [5, 5.41) is 2.87. The molecule has 2 fully saturated rings. The number of imide groups is 1. The van der Waals surface area contributed by atoms with Crippen molar-refractivity contribution in [3.63, 3.8) is 0 Å². The molecule has 126 valence electrons. The Labute approximate surface area is 136 Å². The number of likely N-dealkylation sites (tertiary alicyclic amines) is 1. The van der Waals surface area contributed by atoms with Gasteiger partial charge in [0.25, 0.3) is 5.91 Å². The Morgan fingerprint density at radius 1 is 1.39 bits per heavy atom. The van der Waals surface area contributed by atoms with Gasteiger partial charge in [0.05, 0.1) is 12.2 Å². The molecule has 2 atom stereocenters. The summed E-state index contributed by atoms with van der Waals surface area (Å²) in [6, 6.07) is -0.312. The molecule has 3 rings (SSSR count). The van der Waals surface area contributed by atoms with Crippen LogP contribution in [0.2, 0.25) is 0 Å². The van der Waals surface area contributed by atoms with E-state index in [1.165, 1.54) is 11.9 Å². The molecule has 0 aliphatic carbocycles. The maximum Gasteiger partial charge on any atom is 0.324 e. The van der Waals surface area contributed by atoms with E-state index in [9.17, 15) is 9.59 Å². The van der Waals surface area contributed by atoms with Crippen molar-refractivity contribution in [3.05, 3.63) is 17.3 Å². The highest BCUT2D eigenvalue weighted by Gasteiger charge is 2.51. The summed E-state index contributed by atoms with van der Waals surface area (Å²) in [7, 11) is 1.53. The van der Waals surface area contributed by atoms with Gasteiger partial charge in [-0.15, -0.1) is 0 Å². The van der Waals surface area contributed by atoms with Gasteiger partial charge in [-0.1, -0.05) is 0 Å². The molecule has 2 aliphatic rings.